The van der Waals surface area contributed by atoms with E-state index in [0.717, 1.165) is 48.2 Å². The fourth-order valence-electron chi connectivity index (χ4n) is 8.78. The van der Waals surface area contributed by atoms with Gasteiger partial charge in [0.2, 0.25) is 45.8 Å². The van der Waals surface area contributed by atoms with E-state index in [1.807, 2.05) is 151 Å². The molecule has 0 aliphatic rings. The summed E-state index contributed by atoms with van der Waals surface area (Å²) in [5.74, 6) is 0.115. The van der Waals surface area contributed by atoms with Gasteiger partial charge in [-0.1, -0.05) is 184 Å². The molecular formula is C106H193NO37P4. The Morgan fingerprint density at radius 1 is 0.358 bits per heavy atom. The van der Waals surface area contributed by atoms with Crippen LogP contribution in [0.5, 0.6) is 0 Å². The lowest BCUT2D eigenvalue weighted by molar-refractivity contribution is -0.165. The van der Waals surface area contributed by atoms with E-state index in [9.17, 15) is 80.6 Å². The highest BCUT2D eigenvalue weighted by molar-refractivity contribution is 7.58. The van der Waals surface area contributed by atoms with Crippen molar-refractivity contribution in [3.8, 4) is 0 Å². The number of amides is 1. The molecule has 0 saturated heterocycles. The molecule has 864 valence electrons. The average molecular weight is 2200 g/mol. The molecule has 42 heteroatoms. The normalized spacial score (nSPS) is 14.1. The van der Waals surface area contributed by atoms with Gasteiger partial charge < -0.3 is 76.0 Å². The Hall–Kier alpha value is -8.37. The molecule has 12 unspecified atom stereocenters. The van der Waals surface area contributed by atoms with Crippen LogP contribution >= 0.6 is 30.4 Å². The van der Waals surface area contributed by atoms with Crippen LogP contribution < -0.4 is 5.32 Å². The number of phosphoric acid groups is 2. The van der Waals surface area contributed by atoms with Crippen LogP contribution in [0, 0.1) is 59.2 Å². The Bertz CT molecular complexity index is 4250. The quantitative estimate of drug-likeness (QED) is 0.0211. The third kappa shape index (κ3) is 101. The van der Waals surface area contributed by atoms with E-state index < -0.39 is 109 Å². The van der Waals surface area contributed by atoms with E-state index in [1.165, 1.54) is 74.8 Å². The van der Waals surface area contributed by atoms with Gasteiger partial charge in [-0.05, 0) is 225 Å². The summed E-state index contributed by atoms with van der Waals surface area (Å²) >= 11 is 0. The molecule has 148 heavy (non-hydrogen) atoms. The zero-order valence-electron chi connectivity index (χ0n) is 96.9. The van der Waals surface area contributed by atoms with Crippen LogP contribution in [0.25, 0.3) is 0 Å². The number of benzene rings is 2. The summed E-state index contributed by atoms with van der Waals surface area (Å²) < 4.78 is 150. The number of allylic oxidation sites excluding steroid dienone is 1. The summed E-state index contributed by atoms with van der Waals surface area (Å²) in [6.45, 7) is 81.4. The summed E-state index contributed by atoms with van der Waals surface area (Å²) in [7, 11) is -13.5. The van der Waals surface area contributed by atoms with Crippen molar-refractivity contribution in [1.29, 1.82) is 0 Å². The second-order valence-corrected chi connectivity index (χ2v) is 46.3. The predicted molar refractivity (Wildman–Crippen MR) is 576 cm³/mol. The highest BCUT2D eigenvalue weighted by atomic mass is 31.2. The lowest BCUT2D eigenvalue weighted by Gasteiger charge is -2.34. The highest BCUT2D eigenvalue weighted by Gasteiger charge is 2.42. The van der Waals surface area contributed by atoms with Crippen molar-refractivity contribution in [3.63, 3.8) is 0 Å². The second kappa shape index (κ2) is 88.1. The van der Waals surface area contributed by atoms with Crippen molar-refractivity contribution in [1.82, 2.24) is 5.32 Å². The van der Waals surface area contributed by atoms with Crippen LogP contribution in [0.3, 0.4) is 0 Å². The van der Waals surface area contributed by atoms with Crippen LogP contribution in [-0.2, 0) is 167 Å². The first-order valence-electron chi connectivity index (χ1n) is 50.1. The van der Waals surface area contributed by atoms with Crippen molar-refractivity contribution in [2.45, 2.75) is 379 Å². The molecule has 38 nitrogen and oxygen atoms in total. The molecule has 0 saturated carbocycles. The van der Waals surface area contributed by atoms with Crippen LogP contribution in [0.1, 0.15) is 343 Å². The SMILES string of the molecule is C.CC(=O)/C=C/C(=O)OCC(C)C.CC(=O)CC(C)C.CC(=O)NCC(C)C.CC(=O)OC(C)C(C)C.CCC(C)C.CCOC(=O)/C=C/C(=O)OC(C)C(C)C.CCOC(=O)OC(C)OP(=O)(OC(C)OC(C)=O)OC(C)(C)C(C)C.CCOC(=O)OC(C)OP(=O)(OC(C)OC(C)=O)OC(C)C(C)C.CCOP(C)(=O)CCc1ccc(C(=O)OC(C)C(C)C)cc1.CCOP(C)(=O)Cc1ccc(C(=O)OCC(C)C)cc1. The molecule has 2 aromatic carbocycles. The van der Waals surface area contributed by atoms with Gasteiger partial charge in [0.25, 0.3) is 0 Å². The van der Waals surface area contributed by atoms with E-state index in [2.05, 4.69) is 54.1 Å². The van der Waals surface area contributed by atoms with Gasteiger partial charge in [-0.3, -0.25) is 42.2 Å². The van der Waals surface area contributed by atoms with E-state index in [1.54, 1.807) is 105 Å². The zero-order chi connectivity index (χ0) is 116. The third-order valence-corrected chi connectivity index (χ3v) is 25.6. The molecule has 0 radical (unpaired) electrons. The fraction of sp³-hybridized carbons (Fsp3) is 0.726. The molecule has 0 aromatic heterocycles. The maximum atomic E-state index is 13.0. The molecule has 0 bridgehead atoms. The fourth-order valence-corrected chi connectivity index (χ4v) is 15.0. The number of hydrogen-bond acceptors (Lipinski definition) is 37. The summed E-state index contributed by atoms with van der Waals surface area (Å²) in [5.41, 5.74) is 2.09. The monoisotopic (exact) mass is 2200 g/mol. The Kier molecular flexibility index (Phi) is 93.6. The molecule has 12 atom stereocenters. The summed E-state index contributed by atoms with van der Waals surface area (Å²) in [6, 6.07) is 14.2. The van der Waals surface area contributed by atoms with E-state index in [4.69, 9.17) is 78.8 Å². The predicted octanol–water partition coefficient (Wildman–Crippen LogP) is 25.6. The summed E-state index contributed by atoms with van der Waals surface area (Å²) in [5, 5.41) is 2.71. The number of aryl methyl sites for hydroxylation is 1. The number of carbonyl (C=O) groups is 13. The van der Waals surface area contributed by atoms with Gasteiger partial charge in [0, 0.05) is 84.5 Å². The molecule has 0 aliphatic heterocycles. The standard InChI is InChI=1S/C17H27O4P.C15H29O9P.C15H23O4P.C14H27O9P.C11H18O4.C9H14O3.C7H14O2.C6H13NO.C6H12O.C5H12.CH4/c1-6-20-22(5,19)12-11-15-7-9-16(10-8-15)17(18)21-14(4)13(2)3;1-9-19-14(17)21-13(6)23-25(18,22-12(5)20-11(4)16)24-15(7,8)10(2)3;1-5-19-20(4,17)11-13-6-8-14(9-7-13)15(16)18-10-12(2)3;1-8-18-14(16)20-13(7)23-24(17,21-10(4)9(2)3)22-12(6)19-11(5)15;1-5-14-10(12)6-7-11(13)15-9(4)8(2)3;1-7(2)6-12-9(11)5-4-8(3)10;1-5(2)6(3)9-7(4)8;1-5(2)4-7-6(3)8;1-5(2)4-6(3)7;1-4-5(2)3;/h7-10,13-14H,6,11-12H2,1-5H3;10,12-13H,9H2,1-8H3;6-9,12H,5,10-11H2,1-4H3;9-10,12-13H,8H2,1-7H3;6-9H,5H2,1-4H3;4-5,7H,6H2,1-3H3;5-6H,1-4H3;5H,4H2,1-3H3,(H,7,8);5H,4H2,1-3H3;5H,4H2,1-3H3;1H4/b;;;;7-6+;5-4+;;;;;. The number of Topliss-reactive ketones (excluding diaryl/α,β-unsaturated/α-hetero) is 1. The van der Waals surface area contributed by atoms with Crippen LogP contribution in [-0.4, -0.2) is 205 Å². The van der Waals surface area contributed by atoms with Gasteiger partial charge in [-0.15, -0.1) is 0 Å². The highest BCUT2D eigenvalue weighted by Crippen LogP contribution is 2.57. The van der Waals surface area contributed by atoms with Crippen LogP contribution in [0.4, 0.5) is 9.59 Å². The summed E-state index contributed by atoms with van der Waals surface area (Å²) in [4.78, 5) is 142. The van der Waals surface area contributed by atoms with Crippen molar-refractivity contribution in [2.75, 3.05) is 72.3 Å². The first-order chi connectivity index (χ1) is 67.4. The Balaban J connectivity index is -0.000000214. The van der Waals surface area contributed by atoms with Gasteiger partial charge in [-0.25, -0.2) is 60.8 Å². The van der Waals surface area contributed by atoms with Gasteiger partial charge in [-0.2, -0.15) is 0 Å². The minimum absolute atomic E-state index is 0. The van der Waals surface area contributed by atoms with Gasteiger partial charge in [0.05, 0.1) is 69.1 Å². The molecule has 0 spiro atoms. The average Bonchev–Trinajstić information content (AvgIpc) is 0.698. The molecule has 0 heterocycles. The van der Waals surface area contributed by atoms with Crippen molar-refractivity contribution < 1.29 is 174 Å². The first-order valence-corrected chi connectivity index (χ1v) is 57.5. The van der Waals surface area contributed by atoms with E-state index >= 15 is 0 Å². The summed E-state index contributed by atoms with van der Waals surface area (Å²) in [6.07, 6.45) is 0.469. The molecule has 0 aliphatic carbocycles. The van der Waals surface area contributed by atoms with Gasteiger partial charge in [0.15, 0.2) is 5.78 Å². The number of phosphoric ester groups is 2. The third-order valence-electron chi connectivity index (χ3n) is 18.5. The lowest BCUT2D eigenvalue weighted by Crippen LogP contribution is -2.32. The second-order valence-electron chi connectivity index (χ2n) is 38.0. The number of ether oxygens (including phenoxy) is 12. The van der Waals surface area contributed by atoms with Crippen molar-refractivity contribution in [3.05, 3.63) is 95.1 Å². The van der Waals surface area contributed by atoms with Gasteiger partial charge in [0.1, 0.15) is 24.1 Å². The number of rotatable bonds is 51. The number of ketones is 2. The van der Waals surface area contributed by atoms with E-state index in [-0.39, 0.29) is 92.1 Å². The largest absolute Gasteiger partial charge is 0.510 e. The van der Waals surface area contributed by atoms with Gasteiger partial charge >= 0.3 is 75.7 Å². The van der Waals surface area contributed by atoms with E-state index in [0.29, 0.717) is 98.4 Å². The smallest absolute Gasteiger partial charge is 0.463 e. The molecule has 0 fully saturated rings. The van der Waals surface area contributed by atoms with Crippen molar-refractivity contribution >= 4 is 108 Å². The topological polar surface area (TPSA) is 487 Å². The maximum Gasteiger partial charge on any atom is 0.510 e. The number of hydrogen-bond donors (Lipinski definition) is 1. The Morgan fingerprint density at radius 2 is 0.709 bits per heavy atom. The van der Waals surface area contributed by atoms with Crippen LogP contribution in [0.2, 0.25) is 0 Å². The Morgan fingerprint density at radius 3 is 1.03 bits per heavy atom. The Labute approximate surface area is 887 Å². The lowest BCUT2D eigenvalue weighted by atomic mass is 9.95. The number of esters is 8. The zero-order valence-corrected chi connectivity index (χ0v) is 100. The molecular weight excluding hydrogens is 2000 g/mol. The van der Waals surface area contributed by atoms with Crippen molar-refractivity contribution in [2.24, 2.45) is 59.2 Å². The number of carbonyl (C=O) groups excluding carboxylic acids is 13. The molecule has 2 aromatic rings. The van der Waals surface area contributed by atoms with Crippen LogP contribution in [0.15, 0.2) is 72.8 Å². The minimum atomic E-state index is -4.25. The molecule has 1 amide bonds. The minimum Gasteiger partial charge on any atom is -0.463 e. The number of nitrogens with one attached hydrogen (secondary N) is 1. The molecule has 1 N–H and O–H groups in total. The molecule has 2 rings (SSSR count). The first kappa shape index (κ1) is 157. The maximum absolute atomic E-state index is 13.0.